The van der Waals surface area contributed by atoms with Crippen LogP contribution in [-0.4, -0.2) is 52.0 Å². The molecular formula is C19H20ClF3N4O2. The van der Waals surface area contributed by atoms with Crippen molar-refractivity contribution in [3.8, 4) is 0 Å². The zero-order valence-corrected chi connectivity index (χ0v) is 16.2. The van der Waals surface area contributed by atoms with Crippen molar-refractivity contribution in [1.82, 2.24) is 20.4 Å². The van der Waals surface area contributed by atoms with Crippen molar-refractivity contribution in [3.63, 3.8) is 0 Å². The minimum atomic E-state index is -3.79. The third-order valence-corrected chi connectivity index (χ3v) is 6.16. The Bertz CT molecular complexity index is 952. The van der Waals surface area contributed by atoms with Crippen molar-refractivity contribution >= 4 is 34.3 Å². The number of rotatable bonds is 4. The number of amides is 2. The molecular weight excluding hydrogens is 409 g/mol. The lowest BCUT2D eigenvalue weighted by molar-refractivity contribution is -0.0469. The number of alkyl halides is 2. The number of ketones is 1. The molecule has 0 unspecified atom stereocenters. The number of urea groups is 1. The van der Waals surface area contributed by atoms with Crippen molar-refractivity contribution in [3.05, 3.63) is 28.7 Å². The third kappa shape index (κ3) is 3.56. The molecule has 1 aromatic carbocycles. The van der Waals surface area contributed by atoms with E-state index < -0.39 is 34.0 Å². The summed E-state index contributed by atoms with van der Waals surface area (Å²) in [5.41, 5.74) is -0.881. The topological polar surface area (TPSA) is 78.1 Å². The van der Waals surface area contributed by atoms with Crippen LogP contribution in [0.25, 0.3) is 10.9 Å². The van der Waals surface area contributed by atoms with Crippen molar-refractivity contribution in [2.45, 2.75) is 44.1 Å². The van der Waals surface area contributed by atoms with E-state index in [-0.39, 0.29) is 48.9 Å². The van der Waals surface area contributed by atoms with Gasteiger partial charge in [0.05, 0.1) is 22.3 Å². The molecule has 1 aliphatic heterocycles. The highest BCUT2D eigenvalue weighted by Crippen LogP contribution is 2.39. The summed E-state index contributed by atoms with van der Waals surface area (Å²) in [4.78, 5) is 26.4. The van der Waals surface area contributed by atoms with Gasteiger partial charge in [-0.1, -0.05) is 11.6 Å². The second-order valence-corrected chi connectivity index (χ2v) is 8.08. The molecule has 2 aliphatic rings. The Morgan fingerprint density at radius 1 is 1.24 bits per heavy atom. The Labute approximate surface area is 169 Å². The van der Waals surface area contributed by atoms with Crippen LogP contribution in [0.1, 0.15) is 42.5 Å². The number of carbonyl (C=O) groups is 2. The van der Waals surface area contributed by atoms with Crippen LogP contribution in [0.5, 0.6) is 0 Å². The molecule has 29 heavy (non-hydrogen) atoms. The van der Waals surface area contributed by atoms with Gasteiger partial charge in [-0.25, -0.2) is 9.18 Å². The zero-order chi connectivity index (χ0) is 20.8. The van der Waals surface area contributed by atoms with Crippen molar-refractivity contribution in [2.75, 3.05) is 13.1 Å². The molecule has 2 aromatic rings. The molecule has 0 atom stereocenters. The second kappa shape index (κ2) is 7.51. The Kier molecular flexibility index (Phi) is 5.18. The van der Waals surface area contributed by atoms with Gasteiger partial charge in [0.15, 0.2) is 5.82 Å². The standard InChI is InChI=1S/C19H20ClF3N4O2/c20-13-8-10-9-24-26-16(10)14(15(13)21)17(28)19(22,23)11-4-6-27(7-5-11)18(29)25-12-2-1-3-12/h8-9,11-12H,1-7H2,(H,24,26)(H,25,29). The number of fused-ring (bicyclic) bond motifs is 1. The number of halogens is 4. The van der Waals surface area contributed by atoms with Crippen LogP contribution in [0.2, 0.25) is 5.02 Å². The van der Waals surface area contributed by atoms with Gasteiger partial charge in [0.25, 0.3) is 0 Å². The van der Waals surface area contributed by atoms with Gasteiger partial charge in [-0.2, -0.15) is 13.9 Å². The molecule has 0 radical (unpaired) electrons. The molecule has 2 fully saturated rings. The van der Waals surface area contributed by atoms with Crippen LogP contribution in [0.3, 0.4) is 0 Å². The average molecular weight is 429 g/mol. The first-order valence-corrected chi connectivity index (χ1v) is 9.96. The van der Waals surface area contributed by atoms with Crippen LogP contribution in [0.15, 0.2) is 12.3 Å². The summed E-state index contributed by atoms with van der Waals surface area (Å²) in [7, 11) is 0. The smallest absolute Gasteiger partial charge is 0.317 e. The first-order chi connectivity index (χ1) is 13.8. The summed E-state index contributed by atoms with van der Waals surface area (Å²) >= 11 is 5.78. The Morgan fingerprint density at radius 2 is 1.93 bits per heavy atom. The van der Waals surface area contributed by atoms with Gasteiger partial charge in [-0.3, -0.25) is 9.89 Å². The van der Waals surface area contributed by atoms with Crippen molar-refractivity contribution in [1.29, 1.82) is 0 Å². The van der Waals surface area contributed by atoms with E-state index in [2.05, 4.69) is 15.5 Å². The lowest BCUT2D eigenvalue weighted by Gasteiger charge is -2.37. The number of benzene rings is 1. The van der Waals surface area contributed by atoms with E-state index in [1.165, 1.54) is 17.2 Å². The number of aromatic amines is 1. The molecule has 0 bridgehead atoms. The van der Waals surface area contributed by atoms with E-state index in [1.807, 2.05) is 0 Å². The molecule has 2 heterocycles. The minimum absolute atomic E-state index is 0.0505. The number of Topliss-reactive ketones (excluding diaryl/α,β-unsaturated/α-hetero) is 1. The fraction of sp³-hybridized carbons (Fsp3) is 0.526. The predicted octanol–water partition coefficient (Wildman–Crippen LogP) is 4.15. The molecule has 2 amide bonds. The molecule has 1 saturated carbocycles. The minimum Gasteiger partial charge on any atom is -0.335 e. The fourth-order valence-electron chi connectivity index (χ4n) is 3.86. The summed E-state index contributed by atoms with van der Waals surface area (Å²) in [6, 6.07) is 1.12. The quantitative estimate of drug-likeness (QED) is 0.718. The van der Waals surface area contributed by atoms with E-state index >= 15 is 8.78 Å². The van der Waals surface area contributed by atoms with Gasteiger partial charge in [-0.05, 0) is 38.2 Å². The van der Waals surface area contributed by atoms with E-state index in [4.69, 9.17) is 11.6 Å². The van der Waals surface area contributed by atoms with Crippen LogP contribution >= 0.6 is 11.6 Å². The lowest BCUT2D eigenvalue weighted by atomic mass is 9.85. The van der Waals surface area contributed by atoms with Crippen LogP contribution in [0.4, 0.5) is 18.0 Å². The maximum absolute atomic E-state index is 15.0. The lowest BCUT2D eigenvalue weighted by Crippen LogP contribution is -2.52. The van der Waals surface area contributed by atoms with Crippen molar-refractivity contribution < 1.29 is 22.8 Å². The summed E-state index contributed by atoms with van der Waals surface area (Å²) < 4.78 is 44.5. The van der Waals surface area contributed by atoms with E-state index in [0.717, 1.165) is 19.3 Å². The van der Waals surface area contributed by atoms with E-state index in [1.54, 1.807) is 0 Å². The molecule has 2 N–H and O–H groups in total. The molecule has 10 heteroatoms. The van der Waals surface area contributed by atoms with Gasteiger partial charge in [0, 0.05) is 30.4 Å². The molecule has 156 valence electrons. The highest BCUT2D eigenvalue weighted by atomic mass is 35.5. The molecule has 6 nitrogen and oxygen atoms in total. The third-order valence-electron chi connectivity index (χ3n) is 5.89. The fourth-order valence-corrected chi connectivity index (χ4v) is 4.08. The van der Waals surface area contributed by atoms with Crippen molar-refractivity contribution in [2.24, 2.45) is 5.92 Å². The van der Waals surface area contributed by atoms with Gasteiger partial charge >= 0.3 is 12.0 Å². The summed E-state index contributed by atoms with van der Waals surface area (Å²) in [5, 5.41) is 8.82. The molecule has 1 aliphatic carbocycles. The Balaban J connectivity index is 1.49. The summed E-state index contributed by atoms with van der Waals surface area (Å²) in [6.45, 7) is 0.229. The number of carbonyl (C=O) groups excluding carboxylic acids is 2. The Morgan fingerprint density at radius 3 is 2.55 bits per heavy atom. The monoisotopic (exact) mass is 428 g/mol. The number of hydrogen-bond acceptors (Lipinski definition) is 3. The summed E-state index contributed by atoms with van der Waals surface area (Å²) in [5.74, 6) is -7.89. The predicted molar refractivity (Wildman–Crippen MR) is 101 cm³/mol. The molecule has 1 aromatic heterocycles. The van der Waals surface area contributed by atoms with Crippen LogP contribution < -0.4 is 5.32 Å². The number of piperidine rings is 1. The van der Waals surface area contributed by atoms with Gasteiger partial charge in [-0.15, -0.1) is 0 Å². The Hall–Kier alpha value is -2.29. The zero-order valence-electron chi connectivity index (χ0n) is 15.5. The highest BCUT2D eigenvalue weighted by Gasteiger charge is 2.50. The molecule has 4 rings (SSSR count). The molecule has 0 spiro atoms. The van der Waals surface area contributed by atoms with Crippen LogP contribution in [0, 0.1) is 11.7 Å². The maximum atomic E-state index is 15.0. The van der Waals surface area contributed by atoms with E-state index in [0.29, 0.717) is 0 Å². The SMILES string of the molecule is O=C(NC1CCC1)N1CCC(C(F)(F)C(=O)c2c(F)c(Cl)cc3cn[nH]c23)CC1. The van der Waals surface area contributed by atoms with Crippen LogP contribution in [-0.2, 0) is 0 Å². The van der Waals surface area contributed by atoms with Gasteiger partial charge < -0.3 is 10.2 Å². The number of aromatic nitrogens is 2. The number of hydrogen-bond donors (Lipinski definition) is 2. The van der Waals surface area contributed by atoms with Gasteiger partial charge in [0.2, 0.25) is 5.78 Å². The number of nitrogens with zero attached hydrogens (tertiary/aromatic N) is 2. The first-order valence-electron chi connectivity index (χ1n) is 9.58. The first kappa shape index (κ1) is 20.0. The largest absolute Gasteiger partial charge is 0.335 e. The second-order valence-electron chi connectivity index (χ2n) is 7.67. The normalized spacial score (nSPS) is 18.7. The van der Waals surface area contributed by atoms with Gasteiger partial charge in [0.1, 0.15) is 0 Å². The summed E-state index contributed by atoms with van der Waals surface area (Å²) in [6.07, 6.45) is 4.13. The number of nitrogens with one attached hydrogen (secondary N) is 2. The maximum Gasteiger partial charge on any atom is 0.317 e. The van der Waals surface area contributed by atoms with E-state index in [9.17, 15) is 14.0 Å². The molecule has 1 saturated heterocycles. The number of likely N-dealkylation sites (tertiary alicyclic amines) is 1. The average Bonchev–Trinajstić information content (AvgIpc) is 3.12. The number of H-pyrrole nitrogens is 1. The highest BCUT2D eigenvalue weighted by molar-refractivity contribution is 6.32.